The van der Waals surface area contributed by atoms with Crippen molar-refractivity contribution >= 4 is 28.4 Å². The van der Waals surface area contributed by atoms with Gasteiger partial charge in [-0.15, -0.1) is 0 Å². The van der Waals surface area contributed by atoms with Crippen molar-refractivity contribution in [2.24, 2.45) is 0 Å². The highest BCUT2D eigenvalue weighted by Gasteiger charge is 2.09. The van der Waals surface area contributed by atoms with E-state index < -0.39 is 0 Å². The van der Waals surface area contributed by atoms with Crippen LogP contribution < -0.4 is 5.32 Å². The third kappa shape index (κ3) is 3.26. The summed E-state index contributed by atoms with van der Waals surface area (Å²) in [5.74, 6) is -0.0988. The van der Waals surface area contributed by atoms with E-state index in [1.807, 2.05) is 42.5 Å². The smallest absolute Gasteiger partial charge is 0.267 e. The number of fused-ring (bicyclic) bond motifs is 1. The van der Waals surface area contributed by atoms with Crippen LogP contribution in [0.3, 0.4) is 0 Å². The van der Waals surface area contributed by atoms with Gasteiger partial charge < -0.3 is 10.3 Å². The Morgan fingerprint density at radius 3 is 2.71 bits per heavy atom. The van der Waals surface area contributed by atoms with E-state index in [1.165, 1.54) is 5.56 Å². The molecular formula is C17H15ClN2O. The summed E-state index contributed by atoms with van der Waals surface area (Å²) >= 11 is 5.94. The lowest BCUT2D eigenvalue weighted by atomic mass is 10.1. The highest BCUT2D eigenvalue weighted by atomic mass is 35.5. The monoisotopic (exact) mass is 298 g/mol. The lowest BCUT2D eigenvalue weighted by Gasteiger charge is -2.03. The second-order valence-corrected chi connectivity index (χ2v) is 5.34. The quantitative estimate of drug-likeness (QED) is 0.756. The van der Waals surface area contributed by atoms with E-state index in [9.17, 15) is 4.79 Å². The fourth-order valence-corrected chi connectivity index (χ4v) is 2.45. The molecule has 0 aliphatic rings. The summed E-state index contributed by atoms with van der Waals surface area (Å²) < 4.78 is 0. The van der Waals surface area contributed by atoms with E-state index in [0.717, 1.165) is 17.3 Å². The largest absolute Gasteiger partial charge is 0.350 e. The van der Waals surface area contributed by atoms with Gasteiger partial charge in [-0.3, -0.25) is 4.79 Å². The second kappa shape index (κ2) is 6.02. The normalized spacial score (nSPS) is 10.7. The zero-order chi connectivity index (χ0) is 14.7. The van der Waals surface area contributed by atoms with Crippen LogP contribution in [0.4, 0.5) is 0 Å². The van der Waals surface area contributed by atoms with E-state index in [1.54, 1.807) is 0 Å². The van der Waals surface area contributed by atoms with Gasteiger partial charge in [0.15, 0.2) is 0 Å². The molecule has 0 aliphatic carbocycles. The minimum absolute atomic E-state index is 0.0988. The number of rotatable bonds is 4. The summed E-state index contributed by atoms with van der Waals surface area (Å²) in [6, 6.07) is 17.5. The first-order valence-electron chi connectivity index (χ1n) is 6.83. The minimum atomic E-state index is -0.0988. The number of halogens is 1. The van der Waals surface area contributed by atoms with E-state index in [-0.39, 0.29) is 5.91 Å². The summed E-state index contributed by atoms with van der Waals surface area (Å²) in [7, 11) is 0. The van der Waals surface area contributed by atoms with Crippen LogP contribution in [0.15, 0.2) is 54.6 Å². The zero-order valence-electron chi connectivity index (χ0n) is 11.4. The first-order chi connectivity index (χ1) is 10.2. The first-order valence-corrected chi connectivity index (χ1v) is 7.20. The van der Waals surface area contributed by atoms with Crippen LogP contribution in [0.1, 0.15) is 16.1 Å². The van der Waals surface area contributed by atoms with Gasteiger partial charge in [0.1, 0.15) is 5.69 Å². The number of hydrogen-bond donors (Lipinski definition) is 2. The fraction of sp³-hybridized carbons (Fsp3) is 0.118. The third-order valence-electron chi connectivity index (χ3n) is 3.37. The second-order valence-electron chi connectivity index (χ2n) is 4.91. The molecule has 1 heterocycles. The summed E-state index contributed by atoms with van der Waals surface area (Å²) in [5, 5.41) is 4.55. The zero-order valence-corrected chi connectivity index (χ0v) is 12.2. The predicted octanol–water partition coefficient (Wildman–Crippen LogP) is 3.79. The number of hydrogen-bond acceptors (Lipinski definition) is 1. The minimum Gasteiger partial charge on any atom is -0.350 e. The van der Waals surface area contributed by atoms with Gasteiger partial charge in [-0.2, -0.15) is 0 Å². The highest BCUT2D eigenvalue weighted by Crippen LogP contribution is 2.19. The van der Waals surface area contributed by atoms with Crippen molar-refractivity contribution in [3.05, 3.63) is 70.9 Å². The standard InChI is InChI=1S/C17H15ClN2O/c18-14-7-6-13-10-16(20-15(13)11-14)17(21)19-9-8-12-4-2-1-3-5-12/h1-7,10-11,20H,8-9H2,(H,19,21). The molecule has 3 rings (SSSR count). The molecule has 0 spiro atoms. The molecule has 0 radical (unpaired) electrons. The number of benzene rings is 2. The van der Waals surface area contributed by atoms with Crippen molar-refractivity contribution in [1.82, 2.24) is 10.3 Å². The number of H-pyrrole nitrogens is 1. The molecule has 1 aromatic heterocycles. The molecule has 0 unspecified atom stereocenters. The molecule has 1 amide bonds. The predicted molar refractivity (Wildman–Crippen MR) is 85.8 cm³/mol. The van der Waals surface area contributed by atoms with Gasteiger partial charge in [-0.1, -0.05) is 48.0 Å². The average Bonchev–Trinajstić information content (AvgIpc) is 2.91. The number of nitrogens with one attached hydrogen (secondary N) is 2. The topological polar surface area (TPSA) is 44.9 Å². The molecule has 0 saturated carbocycles. The fourth-order valence-electron chi connectivity index (χ4n) is 2.28. The van der Waals surface area contributed by atoms with E-state index >= 15 is 0 Å². The van der Waals surface area contributed by atoms with Gasteiger partial charge in [-0.05, 0) is 30.2 Å². The molecule has 0 fully saturated rings. The number of carbonyl (C=O) groups is 1. The Kier molecular flexibility index (Phi) is 3.93. The summed E-state index contributed by atoms with van der Waals surface area (Å²) in [6.07, 6.45) is 0.818. The van der Waals surface area contributed by atoms with Crippen LogP contribution in [0, 0.1) is 0 Å². The Morgan fingerprint density at radius 2 is 1.90 bits per heavy atom. The Hall–Kier alpha value is -2.26. The number of aromatic nitrogens is 1. The van der Waals surface area contributed by atoms with Crippen LogP contribution in [0.25, 0.3) is 10.9 Å². The van der Waals surface area contributed by atoms with Gasteiger partial charge in [0, 0.05) is 22.5 Å². The average molecular weight is 299 g/mol. The maximum Gasteiger partial charge on any atom is 0.267 e. The maximum atomic E-state index is 12.1. The van der Waals surface area contributed by atoms with Crippen molar-refractivity contribution < 1.29 is 4.79 Å². The van der Waals surface area contributed by atoms with Crippen LogP contribution >= 0.6 is 11.6 Å². The Morgan fingerprint density at radius 1 is 1.10 bits per heavy atom. The Balaban J connectivity index is 1.64. The third-order valence-corrected chi connectivity index (χ3v) is 3.61. The molecule has 3 aromatic rings. The summed E-state index contributed by atoms with van der Waals surface area (Å²) in [6.45, 7) is 0.610. The molecule has 2 aromatic carbocycles. The van der Waals surface area contributed by atoms with Crippen LogP contribution in [-0.4, -0.2) is 17.4 Å². The molecule has 3 nitrogen and oxygen atoms in total. The highest BCUT2D eigenvalue weighted by molar-refractivity contribution is 6.31. The number of carbonyl (C=O) groups excluding carboxylic acids is 1. The number of aromatic amines is 1. The Bertz CT molecular complexity index is 765. The molecule has 4 heteroatoms. The van der Waals surface area contributed by atoms with Crippen LogP contribution in [0.5, 0.6) is 0 Å². The molecular weight excluding hydrogens is 284 g/mol. The van der Waals surface area contributed by atoms with Crippen molar-refractivity contribution in [3.63, 3.8) is 0 Å². The molecule has 2 N–H and O–H groups in total. The molecule has 106 valence electrons. The molecule has 0 saturated heterocycles. The van der Waals surface area contributed by atoms with Gasteiger partial charge >= 0.3 is 0 Å². The molecule has 0 atom stereocenters. The summed E-state index contributed by atoms with van der Waals surface area (Å²) in [4.78, 5) is 15.2. The van der Waals surface area contributed by atoms with Crippen molar-refractivity contribution in [1.29, 1.82) is 0 Å². The molecule has 0 aliphatic heterocycles. The lowest BCUT2D eigenvalue weighted by molar-refractivity contribution is 0.0950. The van der Waals surface area contributed by atoms with Gasteiger partial charge in [0.25, 0.3) is 5.91 Å². The van der Waals surface area contributed by atoms with Crippen molar-refractivity contribution in [2.75, 3.05) is 6.54 Å². The lowest BCUT2D eigenvalue weighted by Crippen LogP contribution is -2.25. The molecule has 0 bridgehead atoms. The van der Waals surface area contributed by atoms with E-state index in [0.29, 0.717) is 17.3 Å². The van der Waals surface area contributed by atoms with Crippen molar-refractivity contribution in [2.45, 2.75) is 6.42 Å². The first kappa shape index (κ1) is 13.7. The summed E-state index contributed by atoms with van der Waals surface area (Å²) in [5.41, 5.74) is 2.64. The Labute approximate surface area is 127 Å². The van der Waals surface area contributed by atoms with Gasteiger partial charge in [0.05, 0.1) is 0 Å². The SMILES string of the molecule is O=C(NCCc1ccccc1)c1cc2ccc(Cl)cc2[nH]1. The van der Waals surface area contributed by atoms with E-state index in [4.69, 9.17) is 11.6 Å². The van der Waals surface area contributed by atoms with E-state index in [2.05, 4.69) is 22.4 Å². The van der Waals surface area contributed by atoms with Gasteiger partial charge in [-0.25, -0.2) is 0 Å². The van der Waals surface area contributed by atoms with Crippen molar-refractivity contribution in [3.8, 4) is 0 Å². The van der Waals surface area contributed by atoms with Gasteiger partial charge in [0.2, 0.25) is 0 Å². The van der Waals surface area contributed by atoms with Crippen LogP contribution in [0.2, 0.25) is 5.02 Å². The van der Waals surface area contributed by atoms with Crippen LogP contribution in [-0.2, 0) is 6.42 Å². The number of amides is 1. The maximum absolute atomic E-state index is 12.1. The molecule has 21 heavy (non-hydrogen) atoms.